The normalized spacial score (nSPS) is 12.7. The van der Waals surface area contributed by atoms with Crippen molar-refractivity contribution in [2.45, 2.75) is 19.5 Å². The maximum Gasteiger partial charge on any atom is 0.134 e. The molecule has 1 aromatic heterocycles. The highest BCUT2D eigenvalue weighted by Gasteiger charge is 2.17. The molecule has 0 amide bonds. The number of benzene rings is 1. The molecule has 4 nitrogen and oxygen atoms in total. The average Bonchev–Trinajstić information content (AvgIpc) is 2.85. The van der Waals surface area contributed by atoms with Crippen molar-refractivity contribution in [2.24, 2.45) is 0 Å². The zero-order chi connectivity index (χ0) is 13.8. The quantitative estimate of drug-likeness (QED) is 0.914. The molecule has 0 aliphatic rings. The number of hydrogen-bond donors (Lipinski definition) is 1. The first-order valence-corrected chi connectivity index (χ1v) is 6.84. The Kier molecular flexibility index (Phi) is 4.44. The monoisotopic (exact) mass is 280 g/mol. The van der Waals surface area contributed by atoms with Gasteiger partial charge in [-0.2, -0.15) is 0 Å². The van der Waals surface area contributed by atoms with Crippen LogP contribution in [0.25, 0.3) is 0 Å². The van der Waals surface area contributed by atoms with Gasteiger partial charge in [-0.15, -0.1) is 5.10 Å². The second-order valence-corrected chi connectivity index (χ2v) is 5.17. The zero-order valence-corrected chi connectivity index (χ0v) is 12.0. The Balaban J connectivity index is 2.12. The highest BCUT2D eigenvalue weighted by Crippen LogP contribution is 2.25. The Morgan fingerprint density at radius 3 is 2.84 bits per heavy atom. The van der Waals surface area contributed by atoms with Gasteiger partial charge in [0, 0.05) is 36.7 Å². The molecule has 2 rings (SSSR count). The third-order valence-electron chi connectivity index (χ3n) is 3.20. The number of halogens is 1. The lowest BCUT2D eigenvalue weighted by molar-refractivity contribution is 0.245. The maximum atomic E-state index is 13.8. The van der Waals surface area contributed by atoms with Crippen LogP contribution in [0.4, 0.5) is 9.39 Å². The van der Waals surface area contributed by atoms with E-state index in [1.807, 2.05) is 33.2 Å². The molecule has 1 atom stereocenters. The van der Waals surface area contributed by atoms with Gasteiger partial charge in [-0.05, 0) is 20.0 Å². The first-order valence-electron chi connectivity index (χ1n) is 6.07. The van der Waals surface area contributed by atoms with Gasteiger partial charge in [-0.1, -0.05) is 22.7 Å². The minimum absolute atomic E-state index is 0.0207. The van der Waals surface area contributed by atoms with Gasteiger partial charge in [0.25, 0.3) is 0 Å². The number of hydrogen-bond acceptors (Lipinski definition) is 5. The molecule has 2 aromatic rings. The topological polar surface area (TPSA) is 41.1 Å². The van der Waals surface area contributed by atoms with Crippen LogP contribution in [0.15, 0.2) is 24.3 Å². The summed E-state index contributed by atoms with van der Waals surface area (Å²) in [6.45, 7) is 2.61. The van der Waals surface area contributed by atoms with Crippen molar-refractivity contribution < 1.29 is 4.39 Å². The maximum absolute atomic E-state index is 13.8. The lowest BCUT2D eigenvalue weighted by Crippen LogP contribution is -2.23. The fourth-order valence-corrected chi connectivity index (χ4v) is 2.45. The van der Waals surface area contributed by atoms with Gasteiger partial charge in [0.2, 0.25) is 0 Å². The van der Waals surface area contributed by atoms with Crippen LogP contribution in [-0.2, 0) is 6.54 Å². The van der Waals surface area contributed by atoms with E-state index in [9.17, 15) is 4.39 Å². The summed E-state index contributed by atoms with van der Waals surface area (Å²) in [4.78, 5) is 2.05. The molecule has 0 aliphatic carbocycles. The zero-order valence-electron chi connectivity index (χ0n) is 11.2. The van der Waals surface area contributed by atoms with Gasteiger partial charge in [-0.25, -0.2) is 4.39 Å². The first-order chi connectivity index (χ1) is 9.13. The second kappa shape index (κ2) is 6.08. The Morgan fingerprint density at radius 1 is 1.42 bits per heavy atom. The Hall–Kier alpha value is -1.53. The van der Waals surface area contributed by atoms with E-state index < -0.39 is 0 Å². The Labute approximate surface area is 116 Å². The van der Waals surface area contributed by atoms with E-state index in [1.165, 1.54) is 17.6 Å². The van der Waals surface area contributed by atoms with Crippen LogP contribution in [0.5, 0.6) is 0 Å². The molecule has 102 valence electrons. The largest absolute Gasteiger partial charge is 0.377 e. The van der Waals surface area contributed by atoms with Gasteiger partial charge in [-0.3, -0.25) is 4.90 Å². The number of aromatic nitrogens is 2. The molecule has 0 saturated carbocycles. The van der Waals surface area contributed by atoms with Crippen molar-refractivity contribution in [3.8, 4) is 0 Å². The third-order valence-corrected chi connectivity index (χ3v) is 3.98. The fourth-order valence-electron chi connectivity index (χ4n) is 1.93. The van der Waals surface area contributed by atoms with Crippen LogP contribution in [0.3, 0.4) is 0 Å². The van der Waals surface area contributed by atoms with Crippen molar-refractivity contribution in [1.82, 2.24) is 14.5 Å². The molecule has 0 bridgehead atoms. The summed E-state index contributed by atoms with van der Waals surface area (Å²) in [5.74, 6) is -0.174. The van der Waals surface area contributed by atoms with Gasteiger partial charge < -0.3 is 5.32 Å². The number of nitrogens with one attached hydrogen (secondary N) is 1. The average molecular weight is 280 g/mol. The van der Waals surface area contributed by atoms with Crippen LogP contribution in [0.1, 0.15) is 24.2 Å². The molecule has 0 aliphatic heterocycles. The van der Waals surface area contributed by atoms with Crippen molar-refractivity contribution in [3.63, 3.8) is 0 Å². The molecule has 1 heterocycles. The molecule has 19 heavy (non-hydrogen) atoms. The molecular formula is C13H17FN4S. The summed E-state index contributed by atoms with van der Waals surface area (Å²) in [7, 11) is 3.80. The van der Waals surface area contributed by atoms with Crippen molar-refractivity contribution in [3.05, 3.63) is 41.3 Å². The lowest BCUT2D eigenvalue weighted by atomic mass is 10.1. The van der Waals surface area contributed by atoms with Gasteiger partial charge in [0.05, 0.1) is 0 Å². The van der Waals surface area contributed by atoms with Gasteiger partial charge >= 0.3 is 0 Å². The molecule has 1 N–H and O–H groups in total. The molecule has 1 aromatic carbocycles. The van der Waals surface area contributed by atoms with Crippen LogP contribution in [-0.4, -0.2) is 28.6 Å². The molecule has 0 saturated heterocycles. The number of rotatable bonds is 5. The van der Waals surface area contributed by atoms with E-state index in [0.29, 0.717) is 12.1 Å². The van der Waals surface area contributed by atoms with E-state index in [2.05, 4.69) is 19.8 Å². The first kappa shape index (κ1) is 13.9. The lowest BCUT2D eigenvalue weighted by Gasteiger charge is -2.24. The SMILES string of the molecule is CNc1snnc1CN(C)C(C)c1ccccc1F. The highest BCUT2D eigenvalue weighted by molar-refractivity contribution is 7.10. The smallest absolute Gasteiger partial charge is 0.134 e. The van der Waals surface area contributed by atoms with E-state index >= 15 is 0 Å². The molecule has 0 fully saturated rings. The summed E-state index contributed by atoms with van der Waals surface area (Å²) in [6, 6.07) is 6.84. The standard InChI is InChI=1S/C13H17FN4S/c1-9(10-6-4-5-7-11(10)14)18(3)8-12-13(15-2)19-17-16-12/h4-7,9,15H,8H2,1-3H3. The highest BCUT2D eigenvalue weighted by atomic mass is 32.1. The Bertz CT molecular complexity index is 543. The molecule has 1 unspecified atom stereocenters. The number of nitrogens with zero attached hydrogens (tertiary/aromatic N) is 3. The fraction of sp³-hybridized carbons (Fsp3) is 0.385. The van der Waals surface area contributed by atoms with Gasteiger partial charge in [0.1, 0.15) is 16.5 Å². The van der Waals surface area contributed by atoms with Crippen LogP contribution >= 0.6 is 11.5 Å². The van der Waals surface area contributed by atoms with Crippen LogP contribution in [0.2, 0.25) is 0 Å². The minimum Gasteiger partial charge on any atom is -0.377 e. The van der Waals surface area contributed by atoms with Crippen LogP contribution in [0, 0.1) is 5.82 Å². The van der Waals surface area contributed by atoms with Gasteiger partial charge in [0.15, 0.2) is 0 Å². The van der Waals surface area contributed by atoms with Crippen molar-refractivity contribution >= 4 is 16.5 Å². The number of anilines is 1. The van der Waals surface area contributed by atoms with E-state index in [4.69, 9.17) is 0 Å². The summed E-state index contributed by atoms with van der Waals surface area (Å²) >= 11 is 1.33. The molecule has 0 spiro atoms. The Morgan fingerprint density at radius 2 is 2.16 bits per heavy atom. The molecular weight excluding hydrogens is 263 g/mol. The minimum atomic E-state index is -0.174. The summed E-state index contributed by atoms with van der Waals surface area (Å²) in [5.41, 5.74) is 1.58. The predicted octanol–water partition coefficient (Wildman–Crippen LogP) is 2.91. The van der Waals surface area contributed by atoms with E-state index in [0.717, 1.165) is 10.7 Å². The second-order valence-electron chi connectivity index (χ2n) is 4.41. The summed E-state index contributed by atoms with van der Waals surface area (Å²) in [5, 5.41) is 8.11. The third kappa shape index (κ3) is 3.08. The molecule has 0 radical (unpaired) electrons. The molecule has 6 heteroatoms. The summed E-state index contributed by atoms with van der Waals surface area (Å²) < 4.78 is 17.7. The summed E-state index contributed by atoms with van der Waals surface area (Å²) in [6.07, 6.45) is 0. The van der Waals surface area contributed by atoms with E-state index in [-0.39, 0.29) is 11.9 Å². The van der Waals surface area contributed by atoms with Crippen molar-refractivity contribution in [1.29, 1.82) is 0 Å². The predicted molar refractivity (Wildman–Crippen MR) is 75.7 cm³/mol. The van der Waals surface area contributed by atoms with E-state index in [1.54, 1.807) is 6.07 Å². The van der Waals surface area contributed by atoms with Crippen LogP contribution < -0.4 is 5.32 Å². The van der Waals surface area contributed by atoms with Crippen molar-refractivity contribution in [2.75, 3.05) is 19.4 Å².